The Morgan fingerprint density at radius 1 is 0.750 bits per heavy atom. The SMILES string of the molecule is OO.[Ti].[Ti]. The molecule has 0 spiro atoms. The Morgan fingerprint density at radius 3 is 0.750 bits per heavy atom. The second-order valence-electron chi connectivity index (χ2n) is 0. The molecule has 0 aliphatic carbocycles. The fourth-order valence-corrected chi connectivity index (χ4v) is 0. The Bertz CT molecular complexity index is 4.00. The van der Waals surface area contributed by atoms with E-state index >= 15 is 0 Å². The van der Waals surface area contributed by atoms with Crippen molar-refractivity contribution in [3.8, 4) is 0 Å². The molecule has 0 amide bonds. The summed E-state index contributed by atoms with van der Waals surface area (Å²) >= 11 is 0. The molecule has 0 unspecified atom stereocenters. The van der Waals surface area contributed by atoms with E-state index in [-0.39, 0.29) is 43.4 Å². The van der Waals surface area contributed by atoms with Gasteiger partial charge in [0.1, 0.15) is 0 Å². The summed E-state index contributed by atoms with van der Waals surface area (Å²) in [5, 5.41) is 12.0. The third-order valence-corrected chi connectivity index (χ3v) is 0. The van der Waals surface area contributed by atoms with Crippen LogP contribution in [0.2, 0.25) is 0 Å². The van der Waals surface area contributed by atoms with Crippen molar-refractivity contribution in [1.29, 1.82) is 0 Å². The van der Waals surface area contributed by atoms with Gasteiger partial charge in [0.2, 0.25) is 0 Å². The van der Waals surface area contributed by atoms with Crippen molar-refractivity contribution >= 4 is 0 Å². The normalized spacial score (nSPS) is 1.50. The third-order valence-electron chi connectivity index (χ3n) is 0. The van der Waals surface area contributed by atoms with Crippen molar-refractivity contribution in [2.24, 2.45) is 0 Å². The largest absolute Gasteiger partial charge is 0.255 e. The van der Waals surface area contributed by atoms with Gasteiger partial charge in [-0.3, -0.25) is 10.5 Å². The zero-order chi connectivity index (χ0) is 2.00. The summed E-state index contributed by atoms with van der Waals surface area (Å²) in [7, 11) is 0. The van der Waals surface area contributed by atoms with Crippen LogP contribution in [-0.4, -0.2) is 10.5 Å². The van der Waals surface area contributed by atoms with Crippen LogP contribution < -0.4 is 0 Å². The van der Waals surface area contributed by atoms with Crippen LogP contribution in [0.25, 0.3) is 0 Å². The number of hydrogen-bond donors (Lipinski definition) is 2. The summed E-state index contributed by atoms with van der Waals surface area (Å²) in [6.45, 7) is 0. The van der Waals surface area contributed by atoms with E-state index in [1.54, 1.807) is 0 Å². The van der Waals surface area contributed by atoms with Crippen LogP contribution in [0.4, 0.5) is 0 Å². The average Bonchev–Trinajstić information content (AvgIpc) is 1.00. The Labute approximate surface area is 53.9 Å². The predicted molar refractivity (Wildman–Crippen MR) is 5.26 cm³/mol. The predicted octanol–water partition coefficient (Wildman–Crippen LogP) is 0.0124. The molecule has 0 bridgehead atoms. The summed E-state index contributed by atoms with van der Waals surface area (Å²) in [6, 6.07) is 0. The van der Waals surface area contributed by atoms with Crippen molar-refractivity contribution < 1.29 is 53.9 Å². The maximum Gasteiger partial charge on any atom is 0 e. The molecule has 0 rings (SSSR count). The molecule has 22 valence electrons. The van der Waals surface area contributed by atoms with Gasteiger partial charge in [-0.2, -0.15) is 0 Å². The van der Waals surface area contributed by atoms with Gasteiger partial charge in [-0.1, -0.05) is 0 Å². The van der Waals surface area contributed by atoms with Crippen molar-refractivity contribution in [2.75, 3.05) is 0 Å². The van der Waals surface area contributed by atoms with Crippen LogP contribution in [0, 0.1) is 0 Å². The van der Waals surface area contributed by atoms with E-state index in [0.29, 0.717) is 0 Å². The molecule has 0 fully saturated rings. The van der Waals surface area contributed by atoms with Crippen molar-refractivity contribution in [3.05, 3.63) is 0 Å². The van der Waals surface area contributed by atoms with Gasteiger partial charge in [0.05, 0.1) is 0 Å². The zero-order valence-electron chi connectivity index (χ0n) is 1.89. The van der Waals surface area contributed by atoms with E-state index in [2.05, 4.69) is 0 Å². The van der Waals surface area contributed by atoms with Crippen molar-refractivity contribution in [2.45, 2.75) is 0 Å². The molecule has 0 aromatic carbocycles. The Kier molecular flexibility index (Phi) is 123. The van der Waals surface area contributed by atoms with Crippen molar-refractivity contribution in [3.63, 3.8) is 0 Å². The molecular formula is H2O2Ti2. The maximum absolute atomic E-state index is 6.00. The number of hydrogen-bond acceptors (Lipinski definition) is 2. The fraction of sp³-hybridized carbons (Fsp3) is 0. The minimum Gasteiger partial charge on any atom is -0.255 e. The second-order valence-corrected chi connectivity index (χ2v) is 0. The first-order chi connectivity index (χ1) is 1.00. The number of rotatable bonds is 0. The third kappa shape index (κ3) is 10.2. The van der Waals surface area contributed by atoms with E-state index in [9.17, 15) is 0 Å². The maximum atomic E-state index is 6.00. The molecular weight excluding hydrogens is 128 g/mol. The Hall–Kier alpha value is 1.35. The van der Waals surface area contributed by atoms with Gasteiger partial charge in [0.15, 0.2) is 0 Å². The van der Waals surface area contributed by atoms with E-state index in [4.69, 9.17) is 10.5 Å². The summed E-state index contributed by atoms with van der Waals surface area (Å²) in [4.78, 5) is 0. The van der Waals surface area contributed by atoms with Gasteiger partial charge >= 0.3 is 0 Å². The van der Waals surface area contributed by atoms with E-state index < -0.39 is 0 Å². The van der Waals surface area contributed by atoms with Gasteiger partial charge < -0.3 is 0 Å². The first kappa shape index (κ1) is 18.3. The minimum atomic E-state index is 0. The van der Waals surface area contributed by atoms with Gasteiger partial charge in [-0.15, -0.1) is 0 Å². The quantitative estimate of drug-likeness (QED) is 0.275. The molecule has 0 aliphatic heterocycles. The molecule has 0 aromatic rings. The molecule has 2 N–H and O–H groups in total. The molecule has 2 nitrogen and oxygen atoms in total. The molecule has 0 atom stereocenters. The molecule has 0 heterocycles. The molecule has 4 heavy (non-hydrogen) atoms. The smallest absolute Gasteiger partial charge is 0 e. The van der Waals surface area contributed by atoms with Gasteiger partial charge in [-0.05, 0) is 0 Å². The van der Waals surface area contributed by atoms with Crippen LogP contribution in [0.5, 0.6) is 0 Å². The summed E-state index contributed by atoms with van der Waals surface area (Å²) in [6.07, 6.45) is 0. The van der Waals surface area contributed by atoms with Gasteiger partial charge in [0.25, 0.3) is 0 Å². The average molecular weight is 130 g/mol. The first-order valence-corrected chi connectivity index (χ1v) is 0.200. The topological polar surface area (TPSA) is 40.5 Å². The second kappa shape index (κ2) is 26.8. The van der Waals surface area contributed by atoms with Gasteiger partial charge in [0, 0.05) is 43.4 Å². The molecule has 0 saturated carbocycles. The van der Waals surface area contributed by atoms with Crippen LogP contribution >= 0.6 is 0 Å². The van der Waals surface area contributed by atoms with Gasteiger partial charge in [-0.25, -0.2) is 0 Å². The monoisotopic (exact) mass is 130 g/mol. The fourth-order valence-electron chi connectivity index (χ4n) is 0. The molecule has 0 aliphatic rings. The Balaban J connectivity index is -0.00000000500. The molecule has 0 aromatic heterocycles. The zero-order valence-corrected chi connectivity index (χ0v) is 5.02. The molecule has 4 heteroatoms. The van der Waals surface area contributed by atoms with E-state index in [1.807, 2.05) is 0 Å². The Morgan fingerprint density at radius 2 is 0.750 bits per heavy atom. The summed E-state index contributed by atoms with van der Waals surface area (Å²) in [5.41, 5.74) is 0. The van der Waals surface area contributed by atoms with Crippen LogP contribution in [0.15, 0.2) is 0 Å². The van der Waals surface area contributed by atoms with Crippen LogP contribution in [0.1, 0.15) is 0 Å². The summed E-state index contributed by atoms with van der Waals surface area (Å²) < 4.78 is 0. The van der Waals surface area contributed by atoms with E-state index in [0.717, 1.165) is 0 Å². The summed E-state index contributed by atoms with van der Waals surface area (Å²) in [5.74, 6) is 0. The van der Waals surface area contributed by atoms with Crippen molar-refractivity contribution in [1.82, 2.24) is 0 Å². The van der Waals surface area contributed by atoms with Crippen LogP contribution in [-0.2, 0) is 43.4 Å². The molecule has 0 saturated heterocycles. The minimum absolute atomic E-state index is 0. The standard InChI is InChI=1S/H2O2.2Ti/c1-2;;/h1-2H;;. The first-order valence-electron chi connectivity index (χ1n) is 0.200. The van der Waals surface area contributed by atoms with Crippen LogP contribution in [0.3, 0.4) is 0 Å². The molecule has 0 radical (unpaired) electrons. The van der Waals surface area contributed by atoms with E-state index in [1.165, 1.54) is 0 Å².